The lowest BCUT2D eigenvalue weighted by Gasteiger charge is -2.43. The number of hydrogen-bond acceptors (Lipinski definition) is 2. The SMILES string of the molecule is CCOCC(C)NCC1(C2CC2)CCC1. The topological polar surface area (TPSA) is 21.3 Å². The largest absolute Gasteiger partial charge is 0.380 e. The predicted molar refractivity (Wildman–Crippen MR) is 63.0 cm³/mol. The molecule has 0 aromatic rings. The van der Waals surface area contributed by atoms with Crippen molar-refractivity contribution in [1.29, 1.82) is 0 Å². The van der Waals surface area contributed by atoms with E-state index in [0.29, 0.717) is 11.5 Å². The summed E-state index contributed by atoms with van der Waals surface area (Å²) >= 11 is 0. The molecule has 0 spiro atoms. The first kappa shape index (κ1) is 11.4. The van der Waals surface area contributed by atoms with Crippen LogP contribution in [0.25, 0.3) is 0 Å². The molecule has 2 aliphatic rings. The zero-order valence-electron chi connectivity index (χ0n) is 10.2. The van der Waals surface area contributed by atoms with Crippen molar-refractivity contribution in [2.24, 2.45) is 11.3 Å². The van der Waals surface area contributed by atoms with Gasteiger partial charge in [0.25, 0.3) is 0 Å². The molecular weight excluding hydrogens is 186 g/mol. The standard InChI is InChI=1S/C13H25NO/c1-3-15-9-11(2)14-10-13(7-4-8-13)12-5-6-12/h11-12,14H,3-10H2,1-2H3. The van der Waals surface area contributed by atoms with Gasteiger partial charge in [0.05, 0.1) is 6.61 Å². The van der Waals surface area contributed by atoms with Crippen LogP contribution >= 0.6 is 0 Å². The van der Waals surface area contributed by atoms with E-state index < -0.39 is 0 Å². The molecule has 2 saturated carbocycles. The maximum atomic E-state index is 5.43. The van der Waals surface area contributed by atoms with Crippen LogP contribution in [0.4, 0.5) is 0 Å². The van der Waals surface area contributed by atoms with Crippen LogP contribution in [0.1, 0.15) is 46.0 Å². The molecule has 0 saturated heterocycles. The van der Waals surface area contributed by atoms with Crippen LogP contribution in [0.5, 0.6) is 0 Å². The van der Waals surface area contributed by atoms with E-state index in [2.05, 4.69) is 19.2 Å². The third-order valence-corrected chi connectivity index (χ3v) is 4.17. The molecule has 1 atom stereocenters. The molecule has 15 heavy (non-hydrogen) atoms. The molecule has 0 aromatic carbocycles. The Labute approximate surface area is 93.8 Å². The number of hydrogen-bond donors (Lipinski definition) is 1. The van der Waals surface area contributed by atoms with Gasteiger partial charge in [0.1, 0.15) is 0 Å². The molecule has 88 valence electrons. The highest BCUT2D eigenvalue weighted by Crippen LogP contribution is 2.56. The average Bonchev–Trinajstić information content (AvgIpc) is 2.97. The Hall–Kier alpha value is -0.0800. The molecule has 0 amide bonds. The van der Waals surface area contributed by atoms with Crippen LogP contribution < -0.4 is 5.32 Å². The van der Waals surface area contributed by atoms with Crippen molar-refractivity contribution in [2.45, 2.75) is 52.0 Å². The summed E-state index contributed by atoms with van der Waals surface area (Å²) in [7, 11) is 0. The van der Waals surface area contributed by atoms with Gasteiger partial charge < -0.3 is 10.1 Å². The lowest BCUT2D eigenvalue weighted by atomic mass is 9.65. The van der Waals surface area contributed by atoms with Gasteiger partial charge in [0.15, 0.2) is 0 Å². The van der Waals surface area contributed by atoms with Gasteiger partial charge in [0, 0.05) is 19.2 Å². The van der Waals surface area contributed by atoms with E-state index in [0.717, 1.165) is 19.1 Å². The van der Waals surface area contributed by atoms with Gasteiger partial charge in [-0.2, -0.15) is 0 Å². The van der Waals surface area contributed by atoms with E-state index in [4.69, 9.17) is 4.74 Å². The van der Waals surface area contributed by atoms with Gasteiger partial charge in [0.2, 0.25) is 0 Å². The first-order chi connectivity index (χ1) is 7.27. The summed E-state index contributed by atoms with van der Waals surface area (Å²) in [5, 5.41) is 3.66. The van der Waals surface area contributed by atoms with Gasteiger partial charge in [-0.3, -0.25) is 0 Å². The third kappa shape index (κ3) is 2.73. The monoisotopic (exact) mass is 211 g/mol. The Morgan fingerprint density at radius 2 is 2.13 bits per heavy atom. The minimum atomic E-state index is 0.515. The Bertz CT molecular complexity index is 197. The van der Waals surface area contributed by atoms with Crippen molar-refractivity contribution in [2.75, 3.05) is 19.8 Å². The van der Waals surface area contributed by atoms with Crippen molar-refractivity contribution in [1.82, 2.24) is 5.32 Å². The van der Waals surface area contributed by atoms with Crippen molar-refractivity contribution < 1.29 is 4.74 Å². The molecule has 0 aromatic heterocycles. The zero-order valence-corrected chi connectivity index (χ0v) is 10.2. The highest BCUT2D eigenvalue weighted by Gasteiger charge is 2.48. The first-order valence-electron chi connectivity index (χ1n) is 6.58. The fourth-order valence-corrected chi connectivity index (χ4v) is 2.79. The molecule has 0 aliphatic heterocycles. The number of ether oxygens (including phenoxy) is 1. The van der Waals surface area contributed by atoms with Gasteiger partial charge in [-0.15, -0.1) is 0 Å². The second-order valence-corrected chi connectivity index (χ2v) is 5.43. The van der Waals surface area contributed by atoms with Crippen LogP contribution in [0, 0.1) is 11.3 Å². The summed E-state index contributed by atoms with van der Waals surface area (Å²) in [6.07, 6.45) is 7.36. The van der Waals surface area contributed by atoms with E-state index in [9.17, 15) is 0 Å². The normalized spacial score (nSPS) is 26.0. The average molecular weight is 211 g/mol. The van der Waals surface area contributed by atoms with Crippen molar-refractivity contribution in [3.05, 3.63) is 0 Å². The van der Waals surface area contributed by atoms with Crippen LogP contribution in [0.2, 0.25) is 0 Å². The smallest absolute Gasteiger partial charge is 0.0616 e. The molecular formula is C13H25NO. The summed E-state index contributed by atoms with van der Waals surface area (Å²) in [6, 6.07) is 0.515. The third-order valence-electron chi connectivity index (χ3n) is 4.17. The fraction of sp³-hybridized carbons (Fsp3) is 1.00. The van der Waals surface area contributed by atoms with Crippen molar-refractivity contribution >= 4 is 0 Å². The Morgan fingerprint density at radius 1 is 1.40 bits per heavy atom. The predicted octanol–water partition coefficient (Wildman–Crippen LogP) is 2.58. The minimum absolute atomic E-state index is 0.515. The summed E-state index contributed by atoms with van der Waals surface area (Å²) in [4.78, 5) is 0. The minimum Gasteiger partial charge on any atom is -0.380 e. The summed E-state index contributed by atoms with van der Waals surface area (Å²) in [5.74, 6) is 1.05. The van der Waals surface area contributed by atoms with Gasteiger partial charge in [-0.05, 0) is 50.9 Å². The maximum Gasteiger partial charge on any atom is 0.0616 e. The quantitative estimate of drug-likeness (QED) is 0.699. The molecule has 0 radical (unpaired) electrons. The number of rotatable bonds is 7. The van der Waals surface area contributed by atoms with Crippen LogP contribution in [-0.4, -0.2) is 25.8 Å². The Morgan fingerprint density at radius 3 is 2.60 bits per heavy atom. The second kappa shape index (κ2) is 4.84. The molecule has 2 aliphatic carbocycles. The van der Waals surface area contributed by atoms with Crippen molar-refractivity contribution in [3.8, 4) is 0 Å². The number of nitrogens with one attached hydrogen (secondary N) is 1. The molecule has 2 rings (SSSR count). The van der Waals surface area contributed by atoms with Gasteiger partial charge >= 0.3 is 0 Å². The van der Waals surface area contributed by atoms with Crippen LogP contribution in [0.15, 0.2) is 0 Å². The molecule has 0 bridgehead atoms. The lowest BCUT2D eigenvalue weighted by molar-refractivity contribution is 0.0794. The van der Waals surface area contributed by atoms with E-state index in [1.807, 2.05) is 0 Å². The maximum absolute atomic E-state index is 5.43. The van der Waals surface area contributed by atoms with E-state index in [-0.39, 0.29) is 0 Å². The summed E-state index contributed by atoms with van der Waals surface area (Å²) in [6.45, 7) is 7.21. The summed E-state index contributed by atoms with van der Waals surface area (Å²) < 4.78 is 5.43. The highest BCUT2D eigenvalue weighted by molar-refractivity contribution is 5.00. The molecule has 1 N–H and O–H groups in total. The molecule has 2 nitrogen and oxygen atoms in total. The lowest BCUT2D eigenvalue weighted by Crippen LogP contribution is -2.45. The molecule has 0 heterocycles. The van der Waals surface area contributed by atoms with E-state index in [1.165, 1.54) is 38.6 Å². The van der Waals surface area contributed by atoms with Gasteiger partial charge in [-0.1, -0.05) is 6.42 Å². The van der Waals surface area contributed by atoms with E-state index >= 15 is 0 Å². The second-order valence-electron chi connectivity index (χ2n) is 5.43. The first-order valence-corrected chi connectivity index (χ1v) is 6.58. The zero-order chi connectivity index (χ0) is 10.7. The van der Waals surface area contributed by atoms with E-state index in [1.54, 1.807) is 0 Å². The van der Waals surface area contributed by atoms with Gasteiger partial charge in [-0.25, -0.2) is 0 Å². The highest BCUT2D eigenvalue weighted by atomic mass is 16.5. The summed E-state index contributed by atoms with van der Waals surface area (Å²) in [5.41, 5.74) is 0.695. The van der Waals surface area contributed by atoms with Crippen LogP contribution in [0.3, 0.4) is 0 Å². The Balaban J connectivity index is 1.67. The fourth-order valence-electron chi connectivity index (χ4n) is 2.79. The Kier molecular flexibility index (Phi) is 3.68. The van der Waals surface area contributed by atoms with Crippen LogP contribution in [-0.2, 0) is 4.74 Å². The molecule has 2 heteroatoms. The molecule has 2 fully saturated rings. The molecule has 1 unspecified atom stereocenters. The van der Waals surface area contributed by atoms with Crippen molar-refractivity contribution in [3.63, 3.8) is 0 Å².